The average Bonchev–Trinajstić information content (AvgIpc) is 3.32. The lowest BCUT2D eigenvalue weighted by atomic mass is 10.0. The number of anilines is 2. The Morgan fingerprint density at radius 3 is 2.67 bits per heavy atom. The van der Waals surface area contributed by atoms with Crippen LogP contribution in [0.2, 0.25) is 0 Å². The number of nitrogens with zero attached hydrogens (tertiary/aromatic N) is 7. The van der Waals surface area contributed by atoms with Gasteiger partial charge in [-0.25, -0.2) is 4.98 Å². The van der Waals surface area contributed by atoms with E-state index in [-0.39, 0.29) is 5.92 Å². The summed E-state index contributed by atoms with van der Waals surface area (Å²) in [5, 5.41) is 14.5. The van der Waals surface area contributed by atoms with Crippen molar-refractivity contribution in [1.29, 1.82) is 0 Å². The van der Waals surface area contributed by atoms with Crippen molar-refractivity contribution >= 4 is 22.8 Å². The number of hydrogen-bond donors (Lipinski definition) is 1. The molecule has 3 aromatic heterocycles. The van der Waals surface area contributed by atoms with Crippen molar-refractivity contribution in [3.63, 3.8) is 0 Å². The van der Waals surface area contributed by atoms with E-state index in [0.29, 0.717) is 11.5 Å². The third kappa shape index (κ3) is 5.22. The van der Waals surface area contributed by atoms with E-state index >= 15 is 0 Å². The smallest absolute Gasteiger partial charge is 0.167 e. The number of hydrogen-bond acceptors (Lipinski definition) is 9. The summed E-state index contributed by atoms with van der Waals surface area (Å²) in [4.78, 5) is 18.8. The van der Waals surface area contributed by atoms with Crippen LogP contribution in [-0.2, 0) is 0 Å². The highest BCUT2D eigenvalue weighted by atomic mass is 32.1. The second kappa shape index (κ2) is 10.0. The van der Waals surface area contributed by atoms with E-state index in [4.69, 9.17) is 9.97 Å². The van der Waals surface area contributed by atoms with Crippen molar-refractivity contribution in [3.05, 3.63) is 41.4 Å². The van der Waals surface area contributed by atoms with Crippen molar-refractivity contribution in [2.24, 2.45) is 5.41 Å². The monoisotopic (exact) mass is 504 g/mol. The molecule has 0 amide bonds. The number of nitrogens with one attached hydrogen (secondary N) is 1. The maximum Gasteiger partial charge on any atom is 0.167 e. The highest BCUT2D eigenvalue weighted by Crippen LogP contribution is 2.44. The maximum atomic E-state index is 4.84. The molecule has 0 spiro atoms. The molecule has 3 fully saturated rings. The molecule has 1 saturated carbocycles. The Labute approximate surface area is 217 Å². The molecule has 2 saturated heterocycles. The molecule has 5 heterocycles. The molecule has 1 N–H and O–H groups in total. The van der Waals surface area contributed by atoms with Gasteiger partial charge in [-0.05, 0) is 56.1 Å². The Morgan fingerprint density at radius 1 is 1.06 bits per heavy atom. The molecule has 3 aromatic rings. The van der Waals surface area contributed by atoms with Crippen LogP contribution in [0.25, 0.3) is 10.7 Å². The van der Waals surface area contributed by atoms with Gasteiger partial charge in [-0.3, -0.25) is 9.97 Å². The van der Waals surface area contributed by atoms with Gasteiger partial charge in [0, 0.05) is 38.8 Å². The minimum absolute atomic E-state index is 0.0788. The lowest BCUT2D eigenvalue weighted by Crippen LogP contribution is -2.47. The summed E-state index contributed by atoms with van der Waals surface area (Å²) < 4.78 is 0. The fourth-order valence-electron chi connectivity index (χ4n) is 5.20. The summed E-state index contributed by atoms with van der Waals surface area (Å²) in [6, 6.07) is 4.94. The van der Waals surface area contributed by atoms with Crippen LogP contribution in [0.1, 0.15) is 69.0 Å². The van der Waals surface area contributed by atoms with Crippen LogP contribution in [-0.4, -0.2) is 63.9 Å². The lowest BCUT2D eigenvalue weighted by Gasteiger charge is -2.35. The molecule has 0 aromatic carbocycles. The third-order valence-electron chi connectivity index (χ3n) is 8.00. The van der Waals surface area contributed by atoms with Crippen molar-refractivity contribution in [1.82, 2.24) is 30.5 Å². The predicted octanol–water partition coefficient (Wildman–Crippen LogP) is 4.50. The first-order valence-corrected chi connectivity index (χ1v) is 14.2. The zero-order valence-corrected chi connectivity index (χ0v) is 22.2. The van der Waals surface area contributed by atoms with Gasteiger partial charge in [0.25, 0.3) is 0 Å². The molecule has 2 aliphatic heterocycles. The van der Waals surface area contributed by atoms with Gasteiger partial charge in [-0.15, -0.1) is 10.2 Å². The first-order chi connectivity index (χ1) is 17.6. The van der Waals surface area contributed by atoms with Crippen LogP contribution in [0.15, 0.2) is 30.7 Å². The molecule has 0 bridgehead atoms. The molecule has 6 rings (SSSR count). The van der Waals surface area contributed by atoms with Gasteiger partial charge in [-0.1, -0.05) is 25.2 Å². The quantitative estimate of drug-likeness (QED) is 0.480. The Kier molecular flexibility index (Phi) is 6.60. The van der Waals surface area contributed by atoms with Crippen molar-refractivity contribution in [2.75, 3.05) is 42.5 Å². The second-order valence-corrected chi connectivity index (χ2v) is 12.1. The largest absolute Gasteiger partial charge is 0.369 e. The number of aromatic nitrogens is 5. The van der Waals surface area contributed by atoms with E-state index in [0.717, 1.165) is 59.9 Å². The molecule has 2 atom stereocenters. The summed E-state index contributed by atoms with van der Waals surface area (Å²) in [7, 11) is 0. The number of rotatable bonds is 8. The topological polar surface area (TPSA) is 83.0 Å². The zero-order chi connectivity index (χ0) is 24.5. The Hall–Kier alpha value is -2.65. The van der Waals surface area contributed by atoms with Crippen LogP contribution in [0.4, 0.5) is 11.5 Å². The molecule has 9 heteroatoms. The summed E-state index contributed by atoms with van der Waals surface area (Å²) in [6.45, 7) is 9.95. The average molecular weight is 505 g/mol. The highest BCUT2D eigenvalue weighted by Gasteiger charge is 2.37. The summed E-state index contributed by atoms with van der Waals surface area (Å²) in [6.07, 6.45) is 13.3. The Morgan fingerprint density at radius 2 is 1.89 bits per heavy atom. The fraction of sp³-hybridized carbons (Fsp3) is 0.593. The van der Waals surface area contributed by atoms with Gasteiger partial charge in [0.15, 0.2) is 5.01 Å². The first-order valence-electron chi connectivity index (χ1n) is 13.4. The first kappa shape index (κ1) is 23.7. The van der Waals surface area contributed by atoms with Gasteiger partial charge in [0.2, 0.25) is 0 Å². The Balaban J connectivity index is 1.10. The SMILES string of the molecule is CC(c1ccc(N2CCCC(NCC3(C)CC3)C2)cn1)c1nnc(-c2cncc(N3CCCC3)n2)s1. The molecule has 1 aliphatic carbocycles. The van der Waals surface area contributed by atoms with Crippen LogP contribution in [0.3, 0.4) is 0 Å². The standard InChI is InChI=1S/C27H36N8S/c1-19(25-32-33-26(36-25)23-15-28-16-24(31-23)34-11-3-4-12-34)22-8-7-21(14-29-22)35-13-5-6-20(17-35)30-18-27(2)9-10-27/h7-8,14-16,19-20,30H,3-6,9-13,17-18H2,1-2H3. The predicted molar refractivity (Wildman–Crippen MR) is 145 cm³/mol. The molecule has 3 aliphatic rings. The highest BCUT2D eigenvalue weighted by molar-refractivity contribution is 7.14. The summed E-state index contributed by atoms with van der Waals surface area (Å²) in [5.74, 6) is 1.01. The second-order valence-electron chi connectivity index (χ2n) is 11.0. The van der Waals surface area contributed by atoms with Crippen LogP contribution >= 0.6 is 11.3 Å². The van der Waals surface area contributed by atoms with Crippen LogP contribution < -0.4 is 15.1 Å². The van der Waals surface area contributed by atoms with Gasteiger partial charge < -0.3 is 15.1 Å². The molecular formula is C27H36N8S. The molecule has 0 radical (unpaired) electrons. The van der Waals surface area contributed by atoms with Crippen LogP contribution in [0.5, 0.6) is 0 Å². The van der Waals surface area contributed by atoms with Gasteiger partial charge >= 0.3 is 0 Å². The zero-order valence-electron chi connectivity index (χ0n) is 21.4. The normalized spacial score (nSPS) is 22.1. The molecule has 8 nitrogen and oxygen atoms in total. The third-order valence-corrected chi connectivity index (χ3v) is 9.13. The molecular weight excluding hydrogens is 468 g/mol. The van der Waals surface area contributed by atoms with E-state index in [9.17, 15) is 0 Å². The minimum Gasteiger partial charge on any atom is -0.369 e. The fourth-order valence-corrected chi connectivity index (χ4v) is 6.06. The maximum absolute atomic E-state index is 4.84. The number of piperidine rings is 1. The molecule has 36 heavy (non-hydrogen) atoms. The van der Waals surface area contributed by atoms with Gasteiger partial charge in [0.05, 0.1) is 35.9 Å². The van der Waals surface area contributed by atoms with Gasteiger partial charge in [0.1, 0.15) is 16.5 Å². The van der Waals surface area contributed by atoms with E-state index in [1.807, 2.05) is 12.4 Å². The van der Waals surface area contributed by atoms with E-state index in [1.165, 1.54) is 44.2 Å². The van der Waals surface area contributed by atoms with Crippen LogP contribution in [0, 0.1) is 5.41 Å². The van der Waals surface area contributed by atoms with Gasteiger partial charge in [-0.2, -0.15) is 0 Å². The minimum atomic E-state index is 0.0788. The number of pyridine rings is 1. The lowest BCUT2D eigenvalue weighted by molar-refractivity contribution is 0.383. The summed E-state index contributed by atoms with van der Waals surface area (Å²) >= 11 is 1.58. The van der Waals surface area contributed by atoms with Crippen molar-refractivity contribution in [3.8, 4) is 10.7 Å². The van der Waals surface area contributed by atoms with E-state index in [1.54, 1.807) is 17.5 Å². The van der Waals surface area contributed by atoms with E-state index in [2.05, 4.69) is 56.3 Å². The summed E-state index contributed by atoms with van der Waals surface area (Å²) in [5.41, 5.74) is 3.58. The van der Waals surface area contributed by atoms with Crippen molar-refractivity contribution < 1.29 is 0 Å². The van der Waals surface area contributed by atoms with Crippen molar-refractivity contribution in [2.45, 2.75) is 64.3 Å². The van der Waals surface area contributed by atoms with E-state index < -0.39 is 0 Å². The Bertz CT molecular complexity index is 1170. The molecule has 190 valence electrons. The molecule has 2 unspecified atom stereocenters.